The second kappa shape index (κ2) is 5.47. The molecule has 2 heterocycles. The highest BCUT2D eigenvalue weighted by Crippen LogP contribution is 2.31. The van der Waals surface area contributed by atoms with Crippen molar-refractivity contribution in [2.45, 2.75) is 46.1 Å². The maximum absolute atomic E-state index is 5.75. The van der Waals surface area contributed by atoms with E-state index in [-0.39, 0.29) is 0 Å². The third kappa shape index (κ3) is 2.80. The number of nitrogens with one attached hydrogen (secondary N) is 1. The van der Waals surface area contributed by atoms with E-state index in [9.17, 15) is 0 Å². The topological polar surface area (TPSA) is 68.2 Å². The van der Waals surface area contributed by atoms with E-state index >= 15 is 0 Å². The van der Waals surface area contributed by atoms with E-state index < -0.39 is 0 Å². The standard InChI is InChI=1S/C14H23N5/c1-5-9(2)6-7-10(3)19-8-16-12-11(4)17-14(15)18-13(12)19/h8-10H,4-7H2,1-3H3,(H3,15,17,18)/t9-,10-/m1/s1. The molecule has 0 aliphatic carbocycles. The summed E-state index contributed by atoms with van der Waals surface area (Å²) < 4.78 is 2.09. The highest BCUT2D eigenvalue weighted by atomic mass is 15.2. The minimum Gasteiger partial charge on any atom is -0.369 e. The first kappa shape index (κ1) is 13.6. The molecule has 0 fully saturated rings. The van der Waals surface area contributed by atoms with Gasteiger partial charge in [0.15, 0.2) is 11.8 Å². The lowest BCUT2D eigenvalue weighted by molar-refractivity contribution is 0.417. The van der Waals surface area contributed by atoms with Crippen molar-refractivity contribution in [1.29, 1.82) is 0 Å². The number of hydrogen-bond acceptors (Lipinski definition) is 4. The second-order valence-corrected chi connectivity index (χ2v) is 5.36. The van der Waals surface area contributed by atoms with Gasteiger partial charge in [0.2, 0.25) is 0 Å². The molecule has 2 rings (SSSR count). The monoisotopic (exact) mass is 261 g/mol. The largest absolute Gasteiger partial charge is 0.369 e. The SMILES string of the molecule is C=C1NC(N)=Nc2c1ncn2[C@H](C)CC[C@H](C)CC. The van der Waals surface area contributed by atoms with Gasteiger partial charge in [0, 0.05) is 6.04 Å². The Morgan fingerprint density at radius 1 is 1.42 bits per heavy atom. The molecule has 1 aromatic heterocycles. The van der Waals surface area contributed by atoms with Gasteiger partial charge in [-0.1, -0.05) is 26.8 Å². The van der Waals surface area contributed by atoms with Crippen LogP contribution in [-0.2, 0) is 0 Å². The van der Waals surface area contributed by atoms with Crippen LogP contribution in [0.2, 0.25) is 0 Å². The van der Waals surface area contributed by atoms with Crippen molar-refractivity contribution in [3.8, 4) is 0 Å². The maximum atomic E-state index is 5.75. The fraction of sp³-hybridized carbons (Fsp3) is 0.571. The summed E-state index contributed by atoms with van der Waals surface area (Å²) in [5.74, 6) is 1.96. The van der Waals surface area contributed by atoms with Crippen molar-refractivity contribution in [2.24, 2.45) is 16.6 Å². The molecular weight excluding hydrogens is 238 g/mol. The highest BCUT2D eigenvalue weighted by Gasteiger charge is 2.21. The molecule has 1 aromatic rings. The first-order valence-corrected chi connectivity index (χ1v) is 6.90. The molecule has 0 spiro atoms. The van der Waals surface area contributed by atoms with Gasteiger partial charge in [0.05, 0.1) is 12.0 Å². The van der Waals surface area contributed by atoms with Gasteiger partial charge in [0.25, 0.3) is 0 Å². The normalized spacial score (nSPS) is 17.4. The zero-order chi connectivity index (χ0) is 14.0. The lowest BCUT2D eigenvalue weighted by Crippen LogP contribution is -2.32. The molecule has 0 amide bonds. The summed E-state index contributed by atoms with van der Waals surface area (Å²) in [7, 11) is 0. The van der Waals surface area contributed by atoms with Crippen molar-refractivity contribution in [3.05, 3.63) is 18.6 Å². The number of hydrogen-bond donors (Lipinski definition) is 2. The molecule has 0 saturated carbocycles. The summed E-state index contributed by atoms with van der Waals surface area (Å²) in [5.41, 5.74) is 7.26. The Labute approximate surface area is 114 Å². The highest BCUT2D eigenvalue weighted by molar-refractivity contribution is 5.93. The lowest BCUT2D eigenvalue weighted by atomic mass is 10.00. The van der Waals surface area contributed by atoms with E-state index in [1.54, 1.807) is 0 Å². The van der Waals surface area contributed by atoms with Crippen LogP contribution in [0, 0.1) is 5.92 Å². The van der Waals surface area contributed by atoms with Crippen LogP contribution in [0.1, 0.15) is 51.8 Å². The summed E-state index contributed by atoms with van der Waals surface area (Å²) in [6.07, 6.45) is 5.39. The molecule has 0 saturated heterocycles. The number of aromatic nitrogens is 2. The van der Waals surface area contributed by atoms with E-state index in [1.807, 2.05) is 6.33 Å². The lowest BCUT2D eigenvalue weighted by Gasteiger charge is -2.19. The second-order valence-electron chi connectivity index (χ2n) is 5.36. The van der Waals surface area contributed by atoms with Gasteiger partial charge in [0.1, 0.15) is 5.69 Å². The van der Waals surface area contributed by atoms with Crippen molar-refractivity contribution in [3.63, 3.8) is 0 Å². The maximum Gasteiger partial charge on any atom is 0.199 e. The van der Waals surface area contributed by atoms with Crippen molar-refractivity contribution in [2.75, 3.05) is 0 Å². The first-order valence-electron chi connectivity index (χ1n) is 6.90. The third-order valence-electron chi connectivity index (χ3n) is 3.81. The van der Waals surface area contributed by atoms with Crippen LogP contribution in [0.3, 0.4) is 0 Å². The Morgan fingerprint density at radius 3 is 2.84 bits per heavy atom. The molecular formula is C14H23N5. The van der Waals surface area contributed by atoms with E-state index in [0.717, 1.165) is 29.5 Å². The molecule has 19 heavy (non-hydrogen) atoms. The smallest absolute Gasteiger partial charge is 0.199 e. The van der Waals surface area contributed by atoms with Crippen LogP contribution in [-0.4, -0.2) is 15.5 Å². The third-order valence-corrected chi connectivity index (χ3v) is 3.81. The molecule has 2 atom stereocenters. The first-order chi connectivity index (χ1) is 9.02. The van der Waals surface area contributed by atoms with Crippen LogP contribution in [0.25, 0.3) is 5.70 Å². The fourth-order valence-electron chi connectivity index (χ4n) is 2.23. The Bertz CT molecular complexity index is 500. The summed E-state index contributed by atoms with van der Waals surface area (Å²) in [6, 6.07) is 0.368. The Balaban J connectivity index is 2.16. The molecule has 104 valence electrons. The van der Waals surface area contributed by atoms with E-state index in [1.165, 1.54) is 12.8 Å². The van der Waals surface area contributed by atoms with E-state index in [0.29, 0.717) is 12.0 Å². The van der Waals surface area contributed by atoms with Crippen LogP contribution in [0.15, 0.2) is 17.9 Å². The summed E-state index contributed by atoms with van der Waals surface area (Å²) in [4.78, 5) is 8.73. The number of imidazole rings is 1. The van der Waals surface area contributed by atoms with E-state index in [4.69, 9.17) is 5.73 Å². The van der Waals surface area contributed by atoms with Crippen LogP contribution in [0.4, 0.5) is 5.82 Å². The predicted molar refractivity (Wildman–Crippen MR) is 79.1 cm³/mol. The number of fused-ring (bicyclic) bond motifs is 1. The van der Waals surface area contributed by atoms with Crippen molar-refractivity contribution in [1.82, 2.24) is 14.9 Å². The van der Waals surface area contributed by atoms with E-state index in [2.05, 4.69) is 47.2 Å². The quantitative estimate of drug-likeness (QED) is 0.856. The van der Waals surface area contributed by atoms with Gasteiger partial charge in [-0.2, -0.15) is 4.99 Å². The molecule has 3 N–H and O–H groups in total. The van der Waals surface area contributed by atoms with Crippen molar-refractivity contribution >= 4 is 17.5 Å². The van der Waals surface area contributed by atoms with Crippen LogP contribution < -0.4 is 11.1 Å². The number of nitrogens with zero attached hydrogens (tertiary/aromatic N) is 3. The molecule has 0 unspecified atom stereocenters. The Hall–Kier alpha value is -1.78. The fourth-order valence-corrected chi connectivity index (χ4v) is 2.23. The predicted octanol–water partition coefficient (Wildman–Crippen LogP) is 2.79. The Kier molecular flexibility index (Phi) is 3.93. The molecule has 1 aliphatic heterocycles. The summed E-state index contributed by atoms with van der Waals surface area (Å²) in [6.45, 7) is 10.6. The molecule has 5 nitrogen and oxygen atoms in total. The Morgan fingerprint density at radius 2 is 2.16 bits per heavy atom. The van der Waals surface area contributed by atoms with Gasteiger partial charge < -0.3 is 15.6 Å². The van der Waals surface area contributed by atoms with Gasteiger partial charge in [-0.15, -0.1) is 0 Å². The van der Waals surface area contributed by atoms with Gasteiger partial charge in [-0.05, 0) is 25.7 Å². The van der Waals surface area contributed by atoms with Crippen molar-refractivity contribution < 1.29 is 0 Å². The van der Waals surface area contributed by atoms with Gasteiger partial charge >= 0.3 is 0 Å². The minimum absolute atomic E-state index is 0.368. The molecule has 0 aromatic carbocycles. The minimum atomic E-state index is 0.368. The summed E-state index contributed by atoms with van der Waals surface area (Å²) in [5, 5.41) is 2.90. The van der Waals surface area contributed by atoms with Gasteiger partial charge in [-0.25, -0.2) is 4.98 Å². The number of guanidine groups is 1. The molecule has 5 heteroatoms. The molecule has 1 aliphatic rings. The van der Waals surface area contributed by atoms with Gasteiger partial charge in [-0.3, -0.25) is 0 Å². The zero-order valence-electron chi connectivity index (χ0n) is 12.0. The molecule has 0 radical (unpaired) electrons. The van der Waals surface area contributed by atoms with Crippen LogP contribution >= 0.6 is 0 Å². The average molecular weight is 261 g/mol. The van der Waals surface area contributed by atoms with Crippen LogP contribution in [0.5, 0.6) is 0 Å². The summed E-state index contributed by atoms with van der Waals surface area (Å²) >= 11 is 0. The average Bonchev–Trinajstić information content (AvgIpc) is 2.79. The molecule has 0 bridgehead atoms. The zero-order valence-corrected chi connectivity index (χ0v) is 12.0. The number of rotatable bonds is 5. The number of aliphatic imine (C=N–C) groups is 1. The number of nitrogens with two attached hydrogens (primary N) is 1.